The third-order valence-corrected chi connectivity index (χ3v) is 5.55. The first-order valence-electron chi connectivity index (χ1n) is 6.59. The van der Waals surface area contributed by atoms with Crippen molar-refractivity contribution >= 4 is 38.2 Å². The minimum absolute atomic E-state index is 0.170. The Morgan fingerprint density at radius 1 is 1.00 bits per heavy atom. The Morgan fingerprint density at radius 2 is 1.73 bits per heavy atom. The second kappa shape index (κ2) is 5.59. The molecule has 0 fully saturated rings. The van der Waals surface area contributed by atoms with Crippen molar-refractivity contribution in [2.45, 2.75) is 4.90 Å². The van der Waals surface area contributed by atoms with Gasteiger partial charge in [0.25, 0.3) is 10.0 Å². The average Bonchev–Trinajstić information content (AvgIpc) is 2.54. The lowest BCUT2D eigenvalue weighted by Gasteiger charge is -2.19. The van der Waals surface area contributed by atoms with Crippen molar-refractivity contribution in [3.05, 3.63) is 65.8 Å². The van der Waals surface area contributed by atoms with Gasteiger partial charge in [-0.05, 0) is 29.7 Å². The summed E-state index contributed by atoms with van der Waals surface area (Å²) in [7, 11) is -2.28. The molecule has 0 aliphatic carbocycles. The summed E-state index contributed by atoms with van der Waals surface area (Å²) < 4.78 is 27.0. The van der Waals surface area contributed by atoms with Gasteiger partial charge in [0.05, 0.1) is 4.90 Å². The van der Waals surface area contributed by atoms with Crippen molar-refractivity contribution < 1.29 is 8.42 Å². The van der Waals surface area contributed by atoms with Gasteiger partial charge in [-0.25, -0.2) is 13.4 Å². The van der Waals surface area contributed by atoms with Gasteiger partial charge in [0.1, 0.15) is 5.82 Å². The van der Waals surface area contributed by atoms with E-state index < -0.39 is 10.0 Å². The molecular formula is C16H13ClN2O2S. The molecular weight excluding hydrogens is 320 g/mol. The Balaban J connectivity index is 2.22. The fourth-order valence-corrected chi connectivity index (χ4v) is 4.01. The molecule has 6 heteroatoms. The molecule has 0 bridgehead atoms. The maximum absolute atomic E-state index is 12.9. The van der Waals surface area contributed by atoms with Crippen LogP contribution in [0.25, 0.3) is 10.8 Å². The predicted molar refractivity (Wildman–Crippen MR) is 88.8 cm³/mol. The number of pyridine rings is 1. The predicted octanol–water partition coefficient (Wildman–Crippen LogP) is 3.71. The normalized spacial score (nSPS) is 11.5. The summed E-state index contributed by atoms with van der Waals surface area (Å²) >= 11 is 6.22. The van der Waals surface area contributed by atoms with Crippen LogP contribution >= 0.6 is 11.6 Å². The molecule has 1 aromatic heterocycles. The van der Waals surface area contributed by atoms with Crippen LogP contribution < -0.4 is 4.31 Å². The Morgan fingerprint density at radius 3 is 2.41 bits per heavy atom. The van der Waals surface area contributed by atoms with E-state index in [4.69, 9.17) is 11.6 Å². The smallest absolute Gasteiger partial charge is 0.253 e. The fourth-order valence-electron chi connectivity index (χ4n) is 2.29. The van der Waals surface area contributed by atoms with Gasteiger partial charge in [-0.2, -0.15) is 0 Å². The monoisotopic (exact) mass is 332 g/mol. The molecule has 3 rings (SSSR count). The summed E-state index contributed by atoms with van der Waals surface area (Å²) in [5, 5.41) is 1.71. The Hall–Kier alpha value is -2.11. The molecule has 0 N–H and O–H groups in total. The van der Waals surface area contributed by atoms with E-state index in [-0.39, 0.29) is 4.90 Å². The molecule has 1 heterocycles. The molecule has 112 valence electrons. The standard InChI is InChI=1S/C16H13ClN2O2S/c1-19(15-10-2-3-11-18-15)22(20,21)14-9-5-7-12-6-4-8-13(17)16(12)14/h2-11H,1H3. The molecule has 0 aliphatic heterocycles. The minimum Gasteiger partial charge on any atom is -0.253 e. The number of benzene rings is 2. The van der Waals surface area contributed by atoms with Crippen molar-refractivity contribution in [3.8, 4) is 0 Å². The van der Waals surface area contributed by atoms with Crippen LogP contribution in [-0.2, 0) is 10.0 Å². The molecule has 0 unspecified atom stereocenters. The lowest BCUT2D eigenvalue weighted by molar-refractivity contribution is 0.595. The summed E-state index contributed by atoms with van der Waals surface area (Å²) in [4.78, 5) is 4.26. The van der Waals surface area contributed by atoms with Crippen LogP contribution in [0.1, 0.15) is 0 Å². The fraction of sp³-hybridized carbons (Fsp3) is 0.0625. The van der Waals surface area contributed by atoms with Crippen LogP contribution in [0.4, 0.5) is 5.82 Å². The first-order valence-corrected chi connectivity index (χ1v) is 8.41. The number of aromatic nitrogens is 1. The van der Waals surface area contributed by atoms with E-state index in [2.05, 4.69) is 4.98 Å². The molecule has 0 saturated heterocycles. The molecule has 0 saturated carbocycles. The van der Waals surface area contributed by atoms with E-state index in [0.29, 0.717) is 16.2 Å². The lowest BCUT2D eigenvalue weighted by atomic mass is 10.1. The van der Waals surface area contributed by atoms with E-state index in [0.717, 1.165) is 9.69 Å². The van der Waals surface area contributed by atoms with Gasteiger partial charge in [-0.1, -0.05) is 41.9 Å². The quantitative estimate of drug-likeness (QED) is 0.734. The van der Waals surface area contributed by atoms with Crippen LogP contribution in [0.5, 0.6) is 0 Å². The SMILES string of the molecule is CN(c1ccccn1)S(=O)(=O)c1cccc2cccc(Cl)c12. The van der Waals surface area contributed by atoms with Crippen LogP contribution in [0.2, 0.25) is 5.02 Å². The Labute approximate surface area is 134 Å². The van der Waals surface area contributed by atoms with Gasteiger partial charge in [0.2, 0.25) is 0 Å². The summed E-state index contributed by atoms with van der Waals surface area (Å²) in [5.41, 5.74) is 0. The van der Waals surface area contributed by atoms with E-state index in [1.807, 2.05) is 12.1 Å². The highest BCUT2D eigenvalue weighted by molar-refractivity contribution is 7.93. The van der Waals surface area contributed by atoms with Crippen molar-refractivity contribution in [2.75, 3.05) is 11.4 Å². The highest BCUT2D eigenvalue weighted by atomic mass is 35.5. The first-order chi connectivity index (χ1) is 10.5. The number of halogens is 1. The summed E-state index contributed by atoms with van der Waals surface area (Å²) in [5.74, 6) is 0.353. The summed E-state index contributed by atoms with van der Waals surface area (Å²) in [6, 6.07) is 15.5. The third kappa shape index (κ3) is 2.42. The van der Waals surface area contributed by atoms with Crippen molar-refractivity contribution in [1.29, 1.82) is 0 Å². The average molecular weight is 333 g/mol. The molecule has 4 nitrogen and oxygen atoms in total. The number of rotatable bonds is 3. The van der Waals surface area contributed by atoms with Crippen LogP contribution in [0, 0.1) is 0 Å². The Bertz CT molecular complexity index is 922. The summed E-state index contributed by atoms with van der Waals surface area (Å²) in [6.45, 7) is 0. The number of hydrogen-bond acceptors (Lipinski definition) is 3. The molecule has 0 atom stereocenters. The number of sulfonamides is 1. The molecule has 0 radical (unpaired) electrons. The van der Waals surface area contributed by atoms with Gasteiger partial charge < -0.3 is 0 Å². The van der Waals surface area contributed by atoms with E-state index in [9.17, 15) is 8.42 Å². The molecule has 0 amide bonds. The second-order valence-corrected chi connectivity index (χ2v) is 7.10. The molecule has 0 spiro atoms. The highest BCUT2D eigenvalue weighted by Gasteiger charge is 2.25. The molecule has 2 aromatic carbocycles. The first kappa shape index (κ1) is 14.8. The second-order valence-electron chi connectivity index (χ2n) is 4.75. The van der Waals surface area contributed by atoms with Crippen LogP contribution in [-0.4, -0.2) is 20.4 Å². The largest absolute Gasteiger partial charge is 0.265 e. The lowest BCUT2D eigenvalue weighted by Crippen LogP contribution is -2.27. The number of anilines is 1. The molecule has 3 aromatic rings. The van der Waals surface area contributed by atoms with Gasteiger partial charge in [0, 0.05) is 23.7 Å². The highest BCUT2D eigenvalue weighted by Crippen LogP contribution is 2.32. The van der Waals surface area contributed by atoms with Crippen molar-refractivity contribution in [2.24, 2.45) is 0 Å². The zero-order chi connectivity index (χ0) is 15.7. The maximum atomic E-state index is 12.9. The van der Waals surface area contributed by atoms with Crippen LogP contribution in [0.15, 0.2) is 65.7 Å². The number of hydrogen-bond donors (Lipinski definition) is 0. The van der Waals surface area contributed by atoms with Crippen LogP contribution in [0.3, 0.4) is 0 Å². The zero-order valence-electron chi connectivity index (χ0n) is 11.8. The van der Waals surface area contributed by atoms with E-state index in [1.165, 1.54) is 7.05 Å². The topological polar surface area (TPSA) is 50.3 Å². The van der Waals surface area contributed by atoms with Gasteiger partial charge in [-0.15, -0.1) is 0 Å². The van der Waals surface area contributed by atoms with Gasteiger partial charge in [0.15, 0.2) is 0 Å². The third-order valence-electron chi connectivity index (χ3n) is 3.43. The molecule has 0 aliphatic rings. The van der Waals surface area contributed by atoms with Gasteiger partial charge >= 0.3 is 0 Å². The minimum atomic E-state index is -3.75. The zero-order valence-corrected chi connectivity index (χ0v) is 13.3. The van der Waals surface area contributed by atoms with E-state index >= 15 is 0 Å². The summed E-state index contributed by atoms with van der Waals surface area (Å²) in [6.07, 6.45) is 1.55. The number of nitrogens with zero attached hydrogens (tertiary/aromatic N) is 2. The number of fused-ring (bicyclic) bond motifs is 1. The van der Waals surface area contributed by atoms with Crippen molar-refractivity contribution in [1.82, 2.24) is 4.98 Å². The van der Waals surface area contributed by atoms with E-state index in [1.54, 1.807) is 48.7 Å². The van der Waals surface area contributed by atoms with Crippen molar-refractivity contribution in [3.63, 3.8) is 0 Å². The maximum Gasteiger partial charge on any atom is 0.265 e. The Kier molecular flexibility index (Phi) is 3.76. The molecule has 22 heavy (non-hydrogen) atoms. The van der Waals surface area contributed by atoms with Gasteiger partial charge in [-0.3, -0.25) is 4.31 Å².